The summed E-state index contributed by atoms with van der Waals surface area (Å²) in [6, 6.07) is 25.8. The highest BCUT2D eigenvalue weighted by Crippen LogP contribution is 2.27. The van der Waals surface area contributed by atoms with Gasteiger partial charge in [0.05, 0.1) is 17.9 Å². The molecule has 3 aromatic carbocycles. The zero-order valence-electron chi connectivity index (χ0n) is 18.6. The van der Waals surface area contributed by atoms with E-state index in [4.69, 9.17) is 5.10 Å². The fraction of sp³-hybridized carbons (Fsp3) is 0.148. The van der Waals surface area contributed by atoms with Crippen molar-refractivity contribution in [2.75, 3.05) is 10.6 Å². The normalized spacial score (nSPS) is 12.1. The van der Waals surface area contributed by atoms with E-state index >= 15 is 0 Å². The number of para-hydroxylation sites is 2. The molecular weight excluding hydrogens is 426 g/mol. The Hall–Kier alpha value is -4.39. The number of nitrogens with one attached hydrogen (secondary N) is 3. The lowest BCUT2D eigenvalue weighted by molar-refractivity contribution is 0.0950. The first-order valence-corrected chi connectivity index (χ1v) is 11.3. The quantitative estimate of drug-likeness (QED) is 0.388. The molecule has 3 amide bonds. The fourth-order valence-corrected chi connectivity index (χ4v) is 4.22. The van der Waals surface area contributed by atoms with Crippen molar-refractivity contribution in [3.63, 3.8) is 0 Å². The molecule has 0 unspecified atom stereocenters. The minimum absolute atomic E-state index is 0.179. The van der Waals surface area contributed by atoms with Crippen LogP contribution in [0.3, 0.4) is 0 Å². The van der Waals surface area contributed by atoms with Gasteiger partial charge in [-0.1, -0.05) is 36.4 Å². The van der Waals surface area contributed by atoms with Crippen molar-refractivity contribution in [3.8, 4) is 5.69 Å². The number of urea groups is 1. The van der Waals surface area contributed by atoms with Crippen LogP contribution in [-0.4, -0.2) is 21.7 Å². The summed E-state index contributed by atoms with van der Waals surface area (Å²) in [5.74, 6) is -0.179. The smallest absolute Gasteiger partial charge is 0.323 e. The first kappa shape index (κ1) is 21.5. The van der Waals surface area contributed by atoms with Crippen LogP contribution in [0.2, 0.25) is 0 Å². The number of amides is 3. The van der Waals surface area contributed by atoms with Crippen LogP contribution < -0.4 is 16.0 Å². The molecule has 0 saturated heterocycles. The molecule has 1 aliphatic carbocycles. The first-order valence-electron chi connectivity index (χ1n) is 11.3. The van der Waals surface area contributed by atoms with Crippen molar-refractivity contribution in [2.45, 2.75) is 25.8 Å². The highest BCUT2D eigenvalue weighted by Gasteiger charge is 2.23. The standard InChI is InChI=1S/C27H25N5O2/c33-26(19-14-16-21(17-15-19)30-27(34)29-20-8-3-1-4-9-20)28-18-24-23-12-7-13-25(23)32(31-24)22-10-5-2-6-11-22/h1-6,8-11,14-17H,7,12-13,18H2,(H,28,33)(H2,29,30,34). The van der Waals surface area contributed by atoms with Gasteiger partial charge in [0, 0.05) is 22.6 Å². The van der Waals surface area contributed by atoms with Gasteiger partial charge in [0.1, 0.15) is 0 Å². The molecule has 4 aromatic rings. The van der Waals surface area contributed by atoms with Crippen LogP contribution >= 0.6 is 0 Å². The van der Waals surface area contributed by atoms with E-state index in [9.17, 15) is 9.59 Å². The Balaban J connectivity index is 1.21. The summed E-state index contributed by atoms with van der Waals surface area (Å²) in [5, 5.41) is 13.3. The first-order chi connectivity index (χ1) is 16.7. The molecule has 0 radical (unpaired) electrons. The van der Waals surface area contributed by atoms with Crippen LogP contribution in [0.5, 0.6) is 0 Å². The predicted molar refractivity (Wildman–Crippen MR) is 132 cm³/mol. The van der Waals surface area contributed by atoms with Crippen molar-refractivity contribution in [1.82, 2.24) is 15.1 Å². The number of anilines is 2. The third-order valence-corrected chi connectivity index (χ3v) is 5.87. The maximum Gasteiger partial charge on any atom is 0.323 e. The van der Waals surface area contributed by atoms with Crippen molar-refractivity contribution in [1.29, 1.82) is 0 Å². The van der Waals surface area contributed by atoms with Gasteiger partial charge in [-0.25, -0.2) is 9.48 Å². The van der Waals surface area contributed by atoms with E-state index in [1.807, 2.05) is 65.3 Å². The SMILES string of the molecule is O=C(Nc1ccccc1)Nc1ccc(C(=O)NCc2nn(-c3ccccc3)c3c2CCC3)cc1. The molecule has 0 aliphatic heterocycles. The summed E-state index contributed by atoms with van der Waals surface area (Å²) in [6.45, 7) is 0.375. The van der Waals surface area contributed by atoms with Gasteiger partial charge >= 0.3 is 6.03 Å². The van der Waals surface area contributed by atoms with Crippen molar-refractivity contribution < 1.29 is 9.59 Å². The van der Waals surface area contributed by atoms with Crippen LogP contribution in [0.4, 0.5) is 16.2 Å². The zero-order valence-corrected chi connectivity index (χ0v) is 18.6. The van der Waals surface area contributed by atoms with Crippen molar-refractivity contribution >= 4 is 23.3 Å². The molecule has 0 spiro atoms. The summed E-state index contributed by atoms with van der Waals surface area (Å²) < 4.78 is 2.00. The van der Waals surface area contributed by atoms with Crippen LogP contribution in [0.25, 0.3) is 5.69 Å². The van der Waals surface area contributed by atoms with Gasteiger partial charge in [0.15, 0.2) is 0 Å². The van der Waals surface area contributed by atoms with Crippen LogP contribution in [0.15, 0.2) is 84.9 Å². The molecule has 0 atom stereocenters. The van der Waals surface area contributed by atoms with E-state index in [1.165, 1.54) is 11.3 Å². The Morgan fingerprint density at radius 1 is 0.794 bits per heavy atom. The number of fused-ring (bicyclic) bond motifs is 1. The van der Waals surface area contributed by atoms with E-state index in [1.54, 1.807) is 24.3 Å². The molecule has 34 heavy (non-hydrogen) atoms. The number of benzene rings is 3. The number of carbonyl (C=O) groups excluding carboxylic acids is 2. The largest absolute Gasteiger partial charge is 0.346 e. The molecule has 3 N–H and O–H groups in total. The molecule has 5 rings (SSSR count). The van der Waals surface area contributed by atoms with Gasteiger partial charge in [0.2, 0.25) is 0 Å². The van der Waals surface area contributed by atoms with Crippen LogP contribution in [0, 0.1) is 0 Å². The molecule has 7 nitrogen and oxygen atoms in total. The second kappa shape index (κ2) is 9.62. The minimum Gasteiger partial charge on any atom is -0.346 e. The Kier molecular flexibility index (Phi) is 6.07. The van der Waals surface area contributed by atoms with Crippen molar-refractivity contribution in [3.05, 3.63) is 107 Å². The Morgan fingerprint density at radius 3 is 2.15 bits per heavy atom. The topological polar surface area (TPSA) is 88.1 Å². The highest BCUT2D eigenvalue weighted by atomic mass is 16.2. The van der Waals surface area contributed by atoms with Crippen molar-refractivity contribution in [2.24, 2.45) is 0 Å². The Labute approximate surface area is 197 Å². The zero-order chi connectivity index (χ0) is 23.3. The lowest BCUT2D eigenvalue weighted by atomic mass is 10.1. The van der Waals surface area contributed by atoms with E-state index in [0.29, 0.717) is 23.5 Å². The number of rotatable bonds is 6. The maximum atomic E-state index is 12.7. The number of hydrogen-bond acceptors (Lipinski definition) is 3. The number of hydrogen-bond donors (Lipinski definition) is 3. The molecule has 0 fully saturated rings. The van der Waals surface area contributed by atoms with Gasteiger partial charge in [-0.15, -0.1) is 0 Å². The number of nitrogens with zero attached hydrogens (tertiary/aromatic N) is 2. The van der Waals surface area contributed by atoms with Crippen LogP contribution in [-0.2, 0) is 19.4 Å². The summed E-state index contributed by atoms with van der Waals surface area (Å²) in [7, 11) is 0. The third-order valence-electron chi connectivity index (χ3n) is 5.87. The van der Waals surface area contributed by atoms with Gasteiger partial charge in [0.25, 0.3) is 5.91 Å². The maximum absolute atomic E-state index is 12.7. The summed E-state index contributed by atoms with van der Waals surface area (Å²) in [5.41, 5.74) is 6.26. The van der Waals surface area contributed by atoms with Gasteiger partial charge in [-0.3, -0.25) is 4.79 Å². The highest BCUT2D eigenvalue weighted by molar-refractivity contribution is 6.00. The summed E-state index contributed by atoms with van der Waals surface area (Å²) >= 11 is 0. The number of aromatic nitrogens is 2. The number of carbonyl (C=O) groups is 2. The molecule has 170 valence electrons. The van der Waals surface area contributed by atoms with E-state index in [2.05, 4.69) is 16.0 Å². The van der Waals surface area contributed by atoms with Gasteiger partial charge < -0.3 is 16.0 Å². The average molecular weight is 452 g/mol. The van der Waals surface area contributed by atoms with Crippen LogP contribution in [0.1, 0.15) is 33.7 Å². The lowest BCUT2D eigenvalue weighted by Gasteiger charge is -2.09. The lowest BCUT2D eigenvalue weighted by Crippen LogP contribution is -2.24. The Morgan fingerprint density at radius 2 is 1.44 bits per heavy atom. The molecule has 0 bridgehead atoms. The monoisotopic (exact) mass is 451 g/mol. The molecular formula is C27H25N5O2. The minimum atomic E-state index is -0.341. The second-order valence-corrected chi connectivity index (χ2v) is 8.18. The molecule has 1 aromatic heterocycles. The van der Waals surface area contributed by atoms with E-state index in [0.717, 1.165) is 30.6 Å². The summed E-state index contributed by atoms with van der Waals surface area (Å²) in [4.78, 5) is 24.9. The van der Waals surface area contributed by atoms with Gasteiger partial charge in [-0.2, -0.15) is 5.10 Å². The predicted octanol–water partition coefficient (Wildman–Crippen LogP) is 4.94. The fourth-order valence-electron chi connectivity index (χ4n) is 4.22. The second-order valence-electron chi connectivity index (χ2n) is 8.18. The Bertz CT molecular complexity index is 1300. The molecule has 1 heterocycles. The van der Waals surface area contributed by atoms with E-state index in [-0.39, 0.29) is 11.9 Å². The summed E-state index contributed by atoms with van der Waals surface area (Å²) in [6.07, 6.45) is 3.09. The molecule has 1 aliphatic rings. The molecule has 0 saturated carbocycles. The third kappa shape index (κ3) is 4.68. The molecule has 7 heteroatoms. The van der Waals surface area contributed by atoms with Gasteiger partial charge in [-0.05, 0) is 73.4 Å². The average Bonchev–Trinajstić information content (AvgIpc) is 3.47. The van der Waals surface area contributed by atoms with E-state index < -0.39 is 0 Å².